The minimum absolute atomic E-state index is 0.0482. The predicted octanol–water partition coefficient (Wildman–Crippen LogP) is 1.12. The Bertz CT molecular complexity index is 848. The highest BCUT2D eigenvalue weighted by molar-refractivity contribution is 5.22. The van der Waals surface area contributed by atoms with Gasteiger partial charge in [0.2, 0.25) is 0 Å². The van der Waals surface area contributed by atoms with Crippen LogP contribution in [0.25, 0.3) is 0 Å². The lowest BCUT2D eigenvalue weighted by Gasteiger charge is -2.24. The molecule has 0 saturated carbocycles. The SMILES string of the molecule is O=c1cc2c(nn1CC1CCCN1Cc1cn3c(n1)COCC3)CCC2. The molecular formula is C19H25N5O2. The van der Waals surface area contributed by atoms with Crippen molar-refractivity contribution in [2.75, 3.05) is 13.2 Å². The fourth-order valence-electron chi connectivity index (χ4n) is 4.51. The quantitative estimate of drug-likeness (QED) is 0.822. The number of likely N-dealkylation sites (tertiary alicyclic amines) is 1. The second kappa shape index (κ2) is 6.63. The largest absolute Gasteiger partial charge is 0.372 e. The van der Waals surface area contributed by atoms with Crippen LogP contribution in [0.3, 0.4) is 0 Å². The second-order valence-electron chi connectivity index (χ2n) is 7.65. The summed E-state index contributed by atoms with van der Waals surface area (Å²) in [5.74, 6) is 1.03. The van der Waals surface area contributed by atoms with Crippen LogP contribution in [0.4, 0.5) is 0 Å². The maximum atomic E-state index is 12.4. The van der Waals surface area contributed by atoms with Gasteiger partial charge >= 0.3 is 0 Å². The van der Waals surface area contributed by atoms with Crippen molar-refractivity contribution in [2.45, 2.75) is 64.4 Å². The van der Waals surface area contributed by atoms with E-state index in [1.165, 1.54) is 6.42 Å². The van der Waals surface area contributed by atoms with E-state index in [2.05, 4.69) is 20.8 Å². The fourth-order valence-corrected chi connectivity index (χ4v) is 4.51. The molecule has 1 unspecified atom stereocenters. The molecule has 2 aliphatic heterocycles. The van der Waals surface area contributed by atoms with Crippen molar-refractivity contribution < 1.29 is 4.74 Å². The van der Waals surface area contributed by atoms with Crippen LogP contribution in [-0.2, 0) is 43.8 Å². The minimum atomic E-state index is 0.0482. The summed E-state index contributed by atoms with van der Waals surface area (Å²) in [6.07, 6.45) is 7.57. The smallest absolute Gasteiger partial charge is 0.267 e. The lowest BCUT2D eigenvalue weighted by molar-refractivity contribution is 0.0816. The fraction of sp³-hybridized carbons (Fsp3) is 0.632. The number of nitrogens with zero attached hydrogens (tertiary/aromatic N) is 5. The maximum Gasteiger partial charge on any atom is 0.267 e. The Balaban J connectivity index is 1.32. The third kappa shape index (κ3) is 2.99. The molecule has 138 valence electrons. The topological polar surface area (TPSA) is 65.2 Å². The van der Waals surface area contributed by atoms with Crippen LogP contribution in [0.5, 0.6) is 0 Å². The normalized spacial score (nSPS) is 22.5. The summed E-state index contributed by atoms with van der Waals surface area (Å²) in [6, 6.07) is 2.16. The molecule has 4 heterocycles. The first kappa shape index (κ1) is 16.2. The summed E-state index contributed by atoms with van der Waals surface area (Å²) >= 11 is 0. The van der Waals surface area contributed by atoms with Crippen molar-refractivity contribution in [2.24, 2.45) is 0 Å². The summed E-state index contributed by atoms with van der Waals surface area (Å²) in [7, 11) is 0. The van der Waals surface area contributed by atoms with E-state index in [0.29, 0.717) is 19.2 Å². The highest BCUT2D eigenvalue weighted by Gasteiger charge is 2.27. The molecule has 0 bridgehead atoms. The molecule has 0 aromatic carbocycles. The van der Waals surface area contributed by atoms with Crippen LogP contribution < -0.4 is 5.56 Å². The van der Waals surface area contributed by atoms with Crippen molar-refractivity contribution in [1.29, 1.82) is 0 Å². The van der Waals surface area contributed by atoms with Gasteiger partial charge in [0.1, 0.15) is 12.4 Å². The molecule has 1 atom stereocenters. The molecule has 7 nitrogen and oxygen atoms in total. The Hall–Kier alpha value is -1.99. The number of imidazole rings is 1. The monoisotopic (exact) mass is 355 g/mol. The first-order valence-corrected chi connectivity index (χ1v) is 9.73. The van der Waals surface area contributed by atoms with Gasteiger partial charge in [-0.15, -0.1) is 0 Å². The molecule has 5 rings (SSSR count). The van der Waals surface area contributed by atoms with E-state index in [4.69, 9.17) is 9.72 Å². The lowest BCUT2D eigenvalue weighted by Crippen LogP contribution is -2.37. The van der Waals surface area contributed by atoms with E-state index >= 15 is 0 Å². The maximum absolute atomic E-state index is 12.4. The third-order valence-corrected chi connectivity index (χ3v) is 5.89. The van der Waals surface area contributed by atoms with Crippen LogP contribution >= 0.6 is 0 Å². The molecule has 1 aliphatic carbocycles. The zero-order valence-electron chi connectivity index (χ0n) is 15.1. The number of fused-ring (bicyclic) bond motifs is 2. The van der Waals surface area contributed by atoms with Gasteiger partial charge in [-0.1, -0.05) is 0 Å². The van der Waals surface area contributed by atoms with Crippen molar-refractivity contribution in [3.05, 3.63) is 45.4 Å². The molecule has 1 saturated heterocycles. The van der Waals surface area contributed by atoms with Gasteiger partial charge in [-0.25, -0.2) is 9.67 Å². The lowest BCUT2D eigenvalue weighted by atomic mass is 10.2. The van der Waals surface area contributed by atoms with E-state index in [9.17, 15) is 4.79 Å². The van der Waals surface area contributed by atoms with E-state index < -0.39 is 0 Å². The van der Waals surface area contributed by atoms with Crippen LogP contribution in [0.1, 0.15) is 42.0 Å². The molecule has 2 aromatic rings. The molecule has 3 aliphatic rings. The number of hydrogen-bond acceptors (Lipinski definition) is 5. The number of hydrogen-bond donors (Lipinski definition) is 0. The predicted molar refractivity (Wildman–Crippen MR) is 95.8 cm³/mol. The molecule has 0 N–H and O–H groups in total. The summed E-state index contributed by atoms with van der Waals surface area (Å²) in [4.78, 5) is 19.6. The van der Waals surface area contributed by atoms with Crippen LogP contribution in [-0.4, -0.2) is 43.4 Å². The molecule has 0 spiro atoms. The van der Waals surface area contributed by atoms with Crippen molar-refractivity contribution in [3.63, 3.8) is 0 Å². The Kier molecular flexibility index (Phi) is 4.13. The second-order valence-corrected chi connectivity index (χ2v) is 7.65. The molecule has 0 amide bonds. The minimum Gasteiger partial charge on any atom is -0.372 e. The van der Waals surface area contributed by atoms with E-state index in [1.54, 1.807) is 10.7 Å². The zero-order chi connectivity index (χ0) is 17.5. The highest BCUT2D eigenvalue weighted by atomic mass is 16.5. The molecule has 2 aromatic heterocycles. The third-order valence-electron chi connectivity index (χ3n) is 5.89. The molecular weight excluding hydrogens is 330 g/mol. The van der Waals surface area contributed by atoms with E-state index in [1.807, 2.05) is 0 Å². The number of aryl methyl sites for hydroxylation is 2. The van der Waals surface area contributed by atoms with Gasteiger partial charge in [0.05, 0.1) is 24.5 Å². The first-order chi connectivity index (χ1) is 12.8. The molecule has 7 heteroatoms. The molecule has 26 heavy (non-hydrogen) atoms. The van der Waals surface area contributed by atoms with Gasteiger partial charge in [-0.2, -0.15) is 5.10 Å². The highest BCUT2D eigenvalue weighted by Crippen LogP contribution is 2.22. The standard InChI is InChI=1S/C19H25N5O2/c25-19-9-14-3-1-5-17(14)21-24(19)12-16-4-2-6-22(16)10-15-11-23-7-8-26-13-18(23)20-15/h9,11,16H,1-8,10,12-13H2. The van der Waals surface area contributed by atoms with Gasteiger partial charge in [0.15, 0.2) is 0 Å². The van der Waals surface area contributed by atoms with Crippen LogP contribution in [0.2, 0.25) is 0 Å². The summed E-state index contributed by atoms with van der Waals surface area (Å²) in [5.41, 5.74) is 3.43. The number of rotatable bonds is 4. The van der Waals surface area contributed by atoms with Crippen LogP contribution in [0, 0.1) is 0 Å². The number of aromatic nitrogens is 4. The molecule has 0 radical (unpaired) electrons. The Morgan fingerprint density at radius 2 is 2.19 bits per heavy atom. The van der Waals surface area contributed by atoms with Gasteiger partial charge in [-0.3, -0.25) is 9.69 Å². The first-order valence-electron chi connectivity index (χ1n) is 9.73. The summed E-state index contributed by atoms with van der Waals surface area (Å²) < 4.78 is 9.38. The molecule has 1 fully saturated rings. The van der Waals surface area contributed by atoms with E-state index in [-0.39, 0.29) is 5.56 Å². The van der Waals surface area contributed by atoms with E-state index in [0.717, 1.165) is 74.7 Å². The van der Waals surface area contributed by atoms with Gasteiger partial charge in [0.25, 0.3) is 5.56 Å². The average molecular weight is 355 g/mol. The Labute approximate surface area is 152 Å². The van der Waals surface area contributed by atoms with Gasteiger partial charge in [0, 0.05) is 31.4 Å². The van der Waals surface area contributed by atoms with Gasteiger partial charge < -0.3 is 9.30 Å². The Morgan fingerprint density at radius 1 is 1.23 bits per heavy atom. The summed E-state index contributed by atoms with van der Waals surface area (Å²) in [5, 5.41) is 4.65. The van der Waals surface area contributed by atoms with Gasteiger partial charge in [-0.05, 0) is 44.2 Å². The number of ether oxygens (including phenoxy) is 1. The zero-order valence-corrected chi connectivity index (χ0v) is 15.1. The van der Waals surface area contributed by atoms with Crippen LogP contribution in [0.15, 0.2) is 17.1 Å². The average Bonchev–Trinajstić information content (AvgIpc) is 3.35. The van der Waals surface area contributed by atoms with Crippen molar-refractivity contribution >= 4 is 0 Å². The van der Waals surface area contributed by atoms with Crippen molar-refractivity contribution in [1.82, 2.24) is 24.2 Å². The van der Waals surface area contributed by atoms with Crippen molar-refractivity contribution in [3.8, 4) is 0 Å². The Morgan fingerprint density at radius 3 is 3.12 bits per heavy atom. The summed E-state index contributed by atoms with van der Waals surface area (Å²) in [6.45, 7) is 4.84.